The van der Waals surface area contributed by atoms with E-state index in [1.807, 2.05) is 0 Å². The van der Waals surface area contributed by atoms with Gasteiger partial charge >= 0.3 is 0 Å². The molecule has 1 amide bonds. The van der Waals surface area contributed by atoms with Gasteiger partial charge in [0.1, 0.15) is 5.75 Å². The van der Waals surface area contributed by atoms with Crippen LogP contribution in [0.15, 0.2) is 43.5 Å². The maximum Gasteiger partial charge on any atom is 0.258 e. The fourth-order valence-corrected chi connectivity index (χ4v) is 1.74. The van der Waals surface area contributed by atoms with Crippen LogP contribution in [0.1, 0.15) is 10.4 Å². The smallest absolute Gasteiger partial charge is 0.258 e. The van der Waals surface area contributed by atoms with E-state index in [9.17, 15) is 4.79 Å². The van der Waals surface area contributed by atoms with E-state index in [0.717, 1.165) is 0 Å². The SMILES string of the molecule is C=CCN(CC=C)C(=O)c1cc(Cl)ccc1OC. The summed E-state index contributed by atoms with van der Waals surface area (Å²) in [6, 6.07) is 4.96. The van der Waals surface area contributed by atoms with Crippen LogP contribution in [0.5, 0.6) is 5.75 Å². The molecular formula is C14H16ClNO2. The molecule has 4 heteroatoms. The first-order chi connectivity index (χ1) is 8.63. The minimum Gasteiger partial charge on any atom is -0.496 e. The Morgan fingerprint density at radius 2 is 2.00 bits per heavy atom. The lowest BCUT2D eigenvalue weighted by Gasteiger charge is -2.20. The standard InChI is InChI=1S/C14H16ClNO2/c1-4-8-16(9-5-2)14(17)12-10-11(15)6-7-13(12)18-3/h4-7,10H,1-2,8-9H2,3H3. The summed E-state index contributed by atoms with van der Waals surface area (Å²) < 4.78 is 5.17. The summed E-state index contributed by atoms with van der Waals surface area (Å²) in [6.45, 7) is 8.16. The van der Waals surface area contributed by atoms with Gasteiger partial charge in [-0.15, -0.1) is 13.2 Å². The second-order valence-corrected chi connectivity index (χ2v) is 4.07. The zero-order valence-electron chi connectivity index (χ0n) is 10.4. The van der Waals surface area contributed by atoms with Gasteiger partial charge in [-0.05, 0) is 18.2 Å². The van der Waals surface area contributed by atoms with Gasteiger partial charge in [0.25, 0.3) is 5.91 Å². The second kappa shape index (κ2) is 6.87. The zero-order valence-corrected chi connectivity index (χ0v) is 11.1. The summed E-state index contributed by atoms with van der Waals surface area (Å²) in [5, 5.41) is 0.497. The molecule has 1 rings (SSSR count). The van der Waals surface area contributed by atoms with E-state index >= 15 is 0 Å². The fourth-order valence-electron chi connectivity index (χ4n) is 1.57. The molecule has 0 aliphatic carbocycles. The van der Waals surface area contributed by atoms with Crippen molar-refractivity contribution < 1.29 is 9.53 Å². The van der Waals surface area contributed by atoms with E-state index in [4.69, 9.17) is 16.3 Å². The maximum atomic E-state index is 12.3. The highest BCUT2D eigenvalue weighted by molar-refractivity contribution is 6.31. The average molecular weight is 266 g/mol. The first kappa shape index (κ1) is 14.3. The van der Waals surface area contributed by atoms with Crippen molar-refractivity contribution in [2.24, 2.45) is 0 Å². The number of hydrogen-bond donors (Lipinski definition) is 0. The molecule has 0 fully saturated rings. The quantitative estimate of drug-likeness (QED) is 0.740. The number of hydrogen-bond acceptors (Lipinski definition) is 2. The van der Waals surface area contributed by atoms with E-state index < -0.39 is 0 Å². The van der Waals surface area contributed by atoms with Crippen LogP contribution in [0.3, 0.4) is 0 Å². The molecule has 0 saturated heterocycles. The van der Waals surface area contributed by atoms with E-state index in [1.54, 1.807) is 35.3 Å². The number of carbonyl (C=O) groups is 1. The Bertz CT molecular complexity index is 447. The van der Waals surface area contributed by atoms with Crippen LogP contribution in [0, 0.1) is 0 Å². The van der Waals surface area contributed by atoms with E-state index in [0.29, 0.717) is 29.4 Å². The summed E-state index contributed by atoms with van der Waals surface area (Å²) in [5.41, 5.74) is 0.439. The Hall–Kier alpha value is -1.74. The summed E-state index contributed by atoms with van der Waals surface area (Å²) in [5.74, 6) is 0.344. The van der Waals surface area contributed by atoms with Crippen molar-refractivity contribution >= 4 is 17.5 Å². The van der Waals surface area contributed by atoms with Gasteiger partial charge < -0.3 is 9.64 Å². The average Bonchev–Trinajstić information content (AvgIpc) is 2.37. The maximum absolute atomic E-state index is 12.3. The monoisotopic (exact) mass is 265 g/mol. The summed E-state index contributed by atoms with van der Waals surface area (Å²) in [4.78, 5) is 14.0. The summed E-state index contributed by atoms with van der Waals surface area (Å²) in [7, 11) is 1.52. The summed E-state index contributed by atoms with van der Waals surface area (Å²) in [6.07, 6.45) is 3.33. The fraction of sp³-hybridized carbons (Fsp3) is 0.214. The zero-order chi connectivity index (χ0) is 13.5. The lowest BCUT2D eigenvalue weighted by molar-refractivity contribution is 0.0787. The predicted octanol–water partition coefficient (Wildman–Crippen LogP) is 3.16. The summed E-state index contributed by atoms with van der Waals surface area (Å²) >= 11 is 5.91. The lowest BCUT2D eigenvalue weighted by Crippen LogP contribution is -2.31. The van der Waals surface area contributed by atoms with Gasteiger partial charge in [-0.25, -0.2) is 0 Å². The van der Waals surface area contributed by atoms with Crippen LogP contribution in [0.2, 0.25) is 5.02 Å². The highest BCUT2D eigenvalue weighted by Crippen LogP contribution is 2.24. The van der Waals surface area contributed by atoms with Crippen LogP contribution in [0.4, 0.5) is 0 Å². The Morgan fingerprint density at radius 1 is 1.39 bits per heavy atom. The van der Waals surface area contributed by atoms with Gasteiger partial charge in [-0.3, -0.25) is 4.79 Å². The van der Waals surface area contributed by atoms with Gasteiger partial charge in [-0.1, -0.05) is 23.8 Å². The third-order valence-corrected chi connectivity index (χ3v) is 2.61. The van der Waals surface area contributed by atoms with Crippen molar-refractivity contribution in [3.63, 3.8) is 0 Å². The molecule has 1 aromatic rings. The Labute approximate surface area is 112 Å². The van der Waals surface area contributed by atoms with Crippen molar-refractivity contribution in [1.29, 1.82) is 0 Å². The highest BCUT2D eigenvalue weighted by atomic mass is 35.5. The van der Waals surface area contributed by atoms with Crippen LogP contribution in [0.25, 0.3) is 0 Å². The third kappa shape index (κ3) is 3.37. The Kier molecular flexibility index (Phi) is 5.46. The van der Waals surface area contributed by atoms with Gasteiger partial charge in [0.15, 0.2) is 0 Å². The van der Waals surface area contributed by atoms with Gasteiger partial charge in [0.05, 0.1) is 12.7 Å². The van der Waals surface area contributed by atoms with Gasteiger partial charge in [-0.2, -0.15) is 0 Å². The molecule has 0 bridgehead atoms. The largest absolute Gasteiger partial charge is 0.496 e. The molecule has 0 radical (unpaired) electrons. The van der Waals surface area contributed by atoms with E-state index in [-0.39, 0.29) is 5.91 Å². The first-order valence-electron chi connectivity index (χ1n) is 5.48. The van der Waals surface area contributed by atoms with Crippen molar-refractivity contribution in [2.75, 3.05) is 20.2 Å². The molecule has 0 unspecified atom stereocenters. The van der Waals surface area contributed by atoms with Crippen LogP contribution >= 0.6 is 11.6 Å². The molecule has 1 aromatic carbocycles. The Balaban J connectivity index is 3.09. The lowest BCUT2D eigenvalue weighted by atomic mass is 10.1. The molecule has 0 saturated carbocycles. The molecule has 3 nitrogen and oxygen atoms in total. The molecular weight excluding hydrogens is 250 g/mol. The van der Waals surface area contributed by atoms with E-state index in [1.165, 1.54) is 7.11 Å². The molecule has 0 heterocycles. The van der Waals surface area contributed by atoms with Gasteiger partial charge in [0.2, 0.25) is 0 Å². The number of benzene rings is 1. The van der Waals surface area contributed by atoms with Gasteiger partial charge in [0, 0.05) is 18.1 Å². The number of nitrogens with zero attached hydrogens (tertiary/aromatic N) is 1. The predicted molar refractivity (Wildman–Crippen MR) is 74.3 cm³/mol. The molecule has 96 valence electrons. The van der Waals surface area contributed by atoms with Crippen molar-refractivity contribution in [2.45, 2.75) is 0 Å². The van der Waals surface area contributed by atoms with Crippen LogP contribution in [-0.4, -0.2) is 31.0 Å². The number of methoxy groups -OCH3 is 1. The third-order valence-electron chi connectivity index (χ3n) is 2.38. The number of carbonyl (C=O) groups excluding carboxylic acids is 1. The van der Waals surface area contributed by atoms with Crippen molar-refractivity contribution in [1.82, 2.24) is 4.90 Å². The van der Waals surface area contributed by atoms with Crippen LogP contribution < -0.4 is 4.74 Å². The normalized spacial score (nSPS) is 9.67. The molecule has 0 aromatic heterocycles. The number of amides is 1. The number of ether oxygens (including phenoxy) is 1. The molecule has 0 atom stereocenters. The minimum atomic E-state index is -0.158. The molecule has 0 aliphatic heterocycles. The Morgan fingerprint density at radius 3 is 2.50 bits per heavy atom. The molecule has 0 N–H and O–H groups in total. The van der Waals surface area contributed by atoms with Crippen LogP contribution in [-0.2, 0) is 0 Å². The van der Waals surface area contributed by atoms with Crippen molar-refractivity contribution in [3.05, 3.63) is 54.1 Å². The number of halogens is 1. The topological polar surface area (TPSA) is 29.5 Å². The molecule has 0 aliphatic rings. The molecule has 18 heavy (non-hydrogen) atoms. The van der Waals surface area contributed by atoms with Crippen molar-refractivity contribution in [3.8, 4) is 5.75 Å². The number of rotatable bonds is 6. The first-order valence-corrected chi connectivity index (χ1v) is 5.86. The molecule has 0 spiro atoms. The van der Waals surface area contributed by atoms with E-state index in [2.05, 4.69) is 13.2 Å². The minimum absolute atomic E-state index is 0.158. The second-order valence-electron chi connectivity index (χ2n) is 3.63. The highest BCUT2D eigenvalue weighted by Gasteiger charge is 2.18.